The summed E-state index contributed by atoms with van der Waals surface area (Å²) in [5.74, 6) is 0.502. The highest BCUT2D eigenvalue weighted by Gasteiger charge is 2.22. The van der Waals surface area contributed by atoms with Crippen molar-refractivity contribution in [1.82, 2.24) is 10.2 Å². The molecule has 3 rings (SSSR count). The monoisotopic (exact) mass is 351 g/mol. The van der Waals surface area contributed by atoms with Gasteiger partial charge in [-0.2, -0.15) is 0 Å². The van der Waals surface area contributed by atoms with E-state index in [1.54, 1.807) is 0 Å². The molecule has 2 aromatic carbocycles. The third-order valence-corrected chi connectivity index (χ3v) is 4.99. The van der Waals surface area contributed by atoms with Crippen LogP contribution in [-0.4, -0.2) is 37.1 Å². The van der Waals surface area contributed by atoms with Gasteiger partial charge in [0.25, 0.3) is 0 Å². The van der Waals surface area contributed by atoms with Gasteiger partial charge in [-0.05, 0) is 30.0 Å². The Bertz CT molecular complexity index is 749. The van der Waals surface area contributed by atoms with Gasteiger partial charge in [-0.25, -0.2) is 4.79 Å². The maximum atomic E-state index is 12.5. The average molecular weight is 351 g/mol. The number of aryl methyl sites for hydroxylation is 1. The molecule has 1 aliphatic rings. The van der Waals surface area contributed by atoms with Gasteiger partial charge in [0.15, 0.2) is 0 Å². The number of urea groups is 1. The Morgan fingerprint density at radius 3 is 2.46 bits per heavy atom. The van der Waals surface area contributed by atoms with Crippen LogP contribution in [0.15, 0.2) is 48.5 Å². The molecular formula is C22H29N3O. The summed E-state index contributed by atoms with van der Waals surface area (Å²) >= 11 is 0. The number of anilines is 1. The molecule has 2 aromatic rings. The fourth-order valence-electron chi connectivity index (χ4n) is 3.53. The first-order chi connectivity index (χ1) is 12.5. The van der Waals surface area contributed by atoms with Gasteiger partial charge in [0, 0.05) is 38.4 Å². The fraction of sp³-hybridized carbons (Fsp3) is 0.409. The molecule has 1 saturated heterocycles. The van der Waals surface area contributed by atoms with E-state index >= 15 is 0 Å². The highest BCUT2D eigenvalue weighted by atomic mass is 16.2. The van der Waals surface area contributed by atoms with Crippen LogP contribution >= 0.6 is 0 Å². The Morgan fingerprint density at radius 2 is 1.77 bits per heavy atom. The highest BCUT2D eigenvalue weighted by molar-refractivity contribution is 5.74. The zero-order valence-electron chi connectivity index (χ0n) is 16.0. The Balaban J connectivity index is 1.54. The van der Waals surface area contributed by atoms with Crippen molar-refractivity contribution >= 4 is 11.7 Å². The zero-order valence-corrected chi connectivity index (χ0v) is 16.0. The number of para-hydroxylation sites is 1. The van der Waals surface area contributed by atoms with Crippen LogP contribution in [-0.2, 0) is 6.54 Å². The van der Waals surface area contributed by atoms with Crippen LogP contribution in [0.3, 0.4) is 0 Å². The molecule has 1 heterocycles. The van der Waals surface area contributed by atoms with E-state index in [4.69, 9.17) is 0 Å². The number of piperazine rings is 1. The average Bonchev–Trinajstić information content (AvgIpc) is 2.66. The molecule has 26 heavy (non-hydrogen) atoms. The van der Waals surface area contributed by atoms with Gasteiger partial charge in [-0.1, -0.05) is 61.9 Å². The topological polar surface area (TPSA) is 35.6 Å². The largest absolute Gasteiger partial charge is 0.368 e. The summed E-state index contributed by atoms with van der Waals surface area (Å²) in [5, 5.41) is 3.05. The third-order valence-electron chi connectivity index (χ3n) is 4.99. The summed E-state index contributed by atoms with van der Waals surface area (Å²) in [4.78, 5) is 16.8. The third kappa shape index (κ3) is 4.37. The van der Waals surface area contributed by atoms with Crippen molar-refractivity contribution in [3.05, 3.63) is 65.2 Å². The minimum atomic E-state index is 0.0308. The first kappa shape index (κ1) is 18.3. The molecule has 1 N–H and O–H groups in total. The van der Waals surface area contributed by atoms with E-state index < -0.39 is 0 Å². The smallest absolute Gasteiger partial charge is 0.317 e. The molecule has 1 aliphatic heterocycles. The number of amides is 2. The van der Waals surface area contributed by atoms with Crippen molar-refractivity contribution in [3.8, 4) is 0 Å². The molecule has 2 amide bonds. The van der Waals surface area contributed by atoms with Crippen molar-refractivity contribution < 1.29 is 4.79 Å². The van der Waals surface area contributed by atoms with E-state index in [9.17, 15) is 4.79 Å². The summed E-state index contributed by atoms with van der Waals surface area (Å²) in [5.41, 5.74) is 5.05. The molecule has 0 aliphatic carbocycles. The quantitative estimate of drug-likeness (QED) is 0.898. The minimum absolute atomic E-state index is 0.0308. The first-order valence-corrected chi connectivity index (χ1v) is 9.47. The van der Waals surface area contributed by atoms with Gasteiger partial charge in [-0.3, -0.25) is 0 Å². The number of hydrogen-bond acceptors (Lipinski definition) is 2. The van der Waals surface area contributed by atoms with Crippen LogP contribution in [0.2, 0.25) is 0 Å². The second-order valence-corrected chi connectivity index (χ2v) is 7.34. The van der Waals surface area contributed by atoms with Gasteiger partial charge in [0.05, 0.1) is 0 Å². The van der Waals surface area contributed by atoms with Crippen molar-refractivity contribution in [3.63, 3.8) is 0 Å². The minimum Gasteiger partial charge on any atom is -0.368 e. The summed E-state index contributed by atoms with van der Waals surface area (Å²) in [6.07, 6.45) is 0. The van der Waals surface area contributed by atoms with E-state index in [-0.39, 0.29) is 6.03 Å². The lowest BCUT2D eigenvalue weighted by atomic mass is 10.00. The predicted molar refractivity (Wildman–Crippen MR) is 108 cm³/mol. The molecule has 1 fully saturated rings. The Labute approximate surface area is 156 Å². The summed E-state index contributed by atoms with van der Waals surface area (Å²) < 4.78 is 0. The van der Waals surface area contributed by atoms with E-state index in [0.29, 0.717) is 12.5 Å². The SMILES string of the molecule is Cc1cccc(CNC(=O)N2CCN(c3ccccc3C(C)C)CC2)c1. The molecule has 4 nitrogen and oxygen atoms in total. The van der Waals surface area contributed by atoms with Gasteiger partial charge < -0.3 is 15.1 Å². The molecule has 0 radical (unpaired) electrons. The van der Waals surface area contributed by atoms with Crippen LogP contribution in [0.1, 0.15) is 36.5 Å². The summed E-state index contributed by atoms with van der Waals surface area (Å²) in [6, 6.07) is 16.9. The van der Waals surface area contributed by atoms with Crippen molar-refractivity contribution in [2.45, 2.75) is 33.2 Å². The number of hydrogen-bond donors (Lipinski definition) is 1. The van der Waals surface area contributed by atoms with E-state index in [1.807, 2.05) is 17.0 Å². The number of nitrogens with zero attached hydrogens (tertiary/aromatic N) is 2. The van der Waals surface area contributed by atoms with Crippen LogP contribution in [0, 0.1) is 6.92 Å². The molecule has 138 valence electrons. The standard InChI is InChI=1S/C22H29N3O/c1-17(2)20-9-4-5-10-21(20)24-11-13-25(14-12-24)22(26)23-16-19-8-6-7-18(3)15-19/h4-10,15,17H,11-14,16H2,1-3H3,(H,23,26). The lowest BCUT2D eigenvalue weighted by Gasteiger charge is -2.37. The van der Waals surface area contributed by atoms with E-state index in [2.05, 4.69) is 67.4 Å². The second-order valence-electron chi connectivity index (χ2n) is 7.34. The molecule has 0 unspecified atom stereocenters. The van der Waals surface area contributed by atoms with Gasteiger partial charge in [0.2, 0.25) is 0 Å². The normalized spacial score (nSPS) is 14.6. The summed E-state index contributed by atoms with van der Waals surface area (Å²) in [6.45, 7) is 10.4. The van der Waals surface area contributed by atoms with Crippen molar-refractivity contribution in [2.24, 2.45) is 0 Å². The number of carbonyl (C=O) groups excluding carboxylic acids is 1. The molecule has 0 saturated carbocycles. The van der Waals surface area contributed by atoms with Crippen LogP contribution in [0.5, 0.6) is 0 Å². The Morgan fingerprint density at radius 1 is 1.04 bits per heavy atom. The molecule has 4 heteroatoms. The van der Waals surface area contributed by atoms with Crippen LogP contribution in [0.25, 0.3) is 0 Å². The highest BCUT2D eigenvalue weighted by Crippen LogP contribution is 2.28. The zero-order chi connectivity index (χ0) is 18.5. The Kier molecular flexibility index (Phi) is 5.82. The number of rotatable bonds is 4. The Hall–Kier alpha value is -2.49. The molecule has 0 spiro atoms. The second kappa shape index (κ2) is 8.26. The van der Waals surface area contributed by atoms with Crippen LogP contribution < -0.4 is 10.2 Å². The van der Waals surface area contributed by atoms with Crippen molar-refractivity contribution in [2.75, 3.05) is 31.1 Å². The maximum Gasteiger partial charge on any atom is 0.317 e. The van der Waals surface area contributed by atoms with Crippen LogP contribution in [0.4, 0.5) is 10.5 Å². The first-order valence-electron chi connectivity index (χ1n) is 9.47. The number of benzene rings is 2. The fourth-order valence-corrected chi connectivity index (χ4v) is 3.53. The van der Waals surface area contributed by atoms with Gasteiger partial charge in [0.1, 0.15) is 0 Å². The maximum absolute atomic E-state index is 12.5. The lowest BCUT2D eigenvalue weighted by Crippen LogP contribution is -2.51. The molecule has 0 atom stereocenters. The van der Waals surface area contributed by atoms with Gasteiger partial charge in [-0.15, -0.1) is 0 Å². The number of carbonyl (C=O) groups is 1. The van der Waals surface area contributed by atoms with E-state index in [0.717, 1.165) is 31.7 Å². The lowest BCUT2D eigenvalue weighted by molar-refractivity contribution is 0.194. The van der Waals surface area contributed by atoms with Gasteiger partial charge >= 0.3 is 6.03 Å². The van der Waals surface area contributed by atoms with E-state index in [1.165, 1.54) is 16.8 Å². The molecule has 0 bridgehead atoms. The number of nitrogens with one attached hydrogen (secondary N) is 1. The summed E-state index contributed by atoms with van der Waals surface area (Å²) in [7, 11) is 0. The molecular weight excluding hydrogens is 322 g/mol. The van der Waals surface area contributed by atoms with Crippen molar-refractivity contribution in [1.29, 1.82) is 0 Å². The predicted octanol–water partition coefficient (Wildman–Crippen LogP) is 4.15. The molecule has 0 aromatic heterocycles.